The monoisotopic (exact) mass is 298 g/mol. The predicted molar refractivity (Wildman–Crippen MR) is 83.0 cm³/mol. The molecular formula is C17H14O3S. The van der Waals surface area contributed by atoms with Gasteiger partial charge in [-0.3, -0.25) is 4.79 Å². The molecule has 0 aliphatic rings. The summed E-state index contributed by atoms with van der Waals surface area (Å²) in [6.07, 6.45) is 1.58. The maximum Gasteiger partial charge on any atom is 0.185 e. The van der Waals surface area contributed by atoms with Crippen LogP contribution in [0.4, 0.5) is 0 Å². The van der Waals surface area contributed by atoms with E-state index in [-0.39, 0.29) is 0 Å². The summed E-state index contributed by atoms with van der Waals surface area (Å²) in [5, 5.41) is 2.06. The van der Waals surface area contributed by atoms with Gasteiger partial charge in [-0.2, -0.15) is 0 Å². The van der Waals surface area contributed by atoms with Crippen molar-refractivity contribution in [2.45, 2.75) is 6.42 Å². The van der Waals surface area contributed by atoms with Crippen molar-refractivity contribution in [2.24, 2.45) is 0 Å². The van der Waals surface area contributed by atoms with Crippen molar-refractivity contribution in [2.75, 3.05) is 6.61 Å². The molecule has 3 aromatic rings. The van der Waals surface area contributed by atoms with Crippen molar-refractivity contribution in [3.8, 4) is 17.1 Å². The fourth-order valence-corrected chi connectivity index (χ4v) is 2.76. The van der Waals surface area contributed by atoms with E-state index in [1.807, 2.05) is 30.3 Å². The molecule has 0 aliphatic carbocycles. The number of carbonyl (C=O) groups is 1. The van der Waals surface area contributed by atoms with Gasteiger partial charge in [0.05, 0.1) is 12.2 Å². The number of carbonyl (C=O) groups excluding carboxylic acids is 1. The number of aldehydes is 1. The Morgan fingerprint density at radius 3 is 2.76 bits per heavy atom. The van der Waals surface area contributed by atoms with Gasteiger partial charge in [-0.1, -0.05) is 18.2 Å². The highest BCUT2D eigenvalue weighted by Gasteiger charge is 2.10. The minimum absolute atomic E-state index is 0.318. The topological polar surface area (TPSA) is 39.4 Å². The molecule has 3 nitrogen and oxygen atoms in total. The average Bonchev–Trinajstić information content (AvgIpc) is 3.19. The molecule has 0 aliphatic heterocycles. The Balaban J connectivity index is 1.74. The van der Waals surface area contributed by atoms with Crippen molar-refractivity contribution in [3.63, 3.8) is 0 Å². The van der Waals surface area contributed by atoms with E-state index >= 15 is 0 Å². The Morgan fingerprint density at radius 1 is 1.10 bits per heavy atom. The summed E-state index contributed by atoms with van der Waals surface area (Å²) in [5.74, 6) is 1.73. The number of para-hydroxylation sites is 1. The Labute approximate surface area is 126 Å². The van der Waals surface area contributed by atoms with Crippen molar-refractivity contribution in [1.82, 2.24) is 0 Å². The zero-order valence-corrected chi connectivity index (χ0v) is 12.1. The lowest BCUT2D eigenvalue weighted by atomic mass is 10.1. The van der Waals surface area contributed by atoms with E-state index in [1.54, 1.807) is 23.5 Å². The van der Waals surface area contributed by atoms with Crippen LogP contribution >= 0.6 is 11.3 Å². The van der Waals surface area contributed by atoms with E-state index in [0.717, 1.165) is 17.7 Å². The zero-order valence-electron chi connectivity index (χ0n) is 11.3. The van der Waals surface area contributed by atoms with Gasteiger partial charge < -0.3 is 9.15 Å². The van der Waals surface area contributed by atoms with Crippen LogP contribution in [0, 0.1) is 0 Å². The highest BCUT2D eigenvalue weighted by Crippen LogP contribution is 2.31. The first-order chi connectivity index (χ1) is 10.4. The summed E-state index contributed by atoms with van der Waals surface area (Å²) in [6, 6.07) is 15.3. The van der Waals surface area contributed by atoms with E-state index in [0.29, 0.717) is 24.4 Å². The SMILES string of the molecule is O=Cc1ccc(-c2ccccc2OCCc2cccs2)o1. The van der Waals surface area contributed by atoms with Crippen LogP contribution in [-0.4, -0.2) is 12.9 Å². The van der Waals surface area contributed by atoms with Gasteiger partial charge in [-0.05, 0) is 35.7 Å². The molecule has 0 saturated carbocycles. The summed E-state index contributed by atoms with van der Waals surface area (Å²) >= 11 is 1.73. The Bertz CT molecular complexity index is 713. The normalized spacial score (nSPS) is 10.5. The molecule has 0 bridgehead atoms. The fourth-order valence-electron chi connectivity index (χ4n) is 2.07. The van der Waals surface area contributed by atoms with Crippen LogP contribution in [-0.2, 0) is 6.42 Å². The molecule has 0 fully saturated rings. The van der Waals surface area contributed by atoms with Crippen LogP contribution in [0.25, 0.3) is 11.3 Å². The van der Waals surface area contributed by atoms with Crippen LogP contribution in [0.2, 0.25) is 0 Å². The first-order valence-electron chi connectivity index (χ1n) is 6.66. The van der Waals surface area contributed by atoms with Gasteiger partial charge >= 0.3 is 0 Å². The Morgan fingerprint density at radius 2 is 2.00 bits per heavy atom. The van der Waals surface area contributed by atoms with E-state index in [2.05, 4.69) is 11.4 Å². The molecule has 4 heteroatoms. The van der Waals surface area contributed by atoms with Gasteiger partial charge in [0.25, 0.3) is 0 Å². The number of thiophene rings is 1. The van der Waals surface area contributed by atoms with Crippen LogP contribution in [0.3, 0.4) is 0 Å². The molecular weight excluding hydrogens is 284 g/mol. The zero-order chi connectivity index (χ0) is 14.5. The molecule has 106 valence electrons. The predicted octanol–water partition coefficient (Wildman–Crippen LogP) is 4.44. The van der Waals surface area contributed by atoms with E-state index in [9.17, 15) is 4.79 Å². The molecule has 21 heavy (non-hydrogen) atoms. The molecule has 0 saturated heterocycles. The molecule has 0 N–H and O–H groups in total. The quantitative estimate of drug-likeness (QED) is 0.631. The third-order valence-corrected chi connectivity index (χ3v) is 4.02. The van der Waals surface area contributed by atoms with Crippen molar-refractivity contribution >= 4 is 17.6 Å². The van der Waals surface area contributed by atoms with Gasteiger partial charge in [0, 0.05) is 11.3 Å². The van der Waals surface area contributed by atoms with Gasteiger partial charge in [0.2, 0.25) is 0 Å². The molecule has 2 aromatic heterocycles. The lowest BCUT2D eigenvalue weighted by Crippen LogP contribution is -2.01. The lowest BCUT2D eigenvalue weighted by Gasteiger charge is -2.09. The van der Waals surface area contributed by atoms with Gasteiger partial charge in [-0.25, -0.2) is 0 Å². The number of hydrogen-bond donors (Lipinski definition) is 0. The highest BCUT2D eigenvalue weighted by molar-refractivity contribution is 7.09. The number of ether oxygens (including phenoxy) is 1. The first-order valence-corrected chi connectivity index (χ1v) is 7.54. The minimum Gasteiger partial charge on any atom is -0.492 e. The van der Waals surface area contributed by atoms with E-state index < -0.39 is 0 Å². The molecule has 0 radical (unpaired) electrons. The third kappa shape index (κ3) is 3.23. The molecule has 0 spiro atoms. The summed E-state index contributed by atoms with van der Waals surface area (Å²) in [4.78, 5) is 12.0. The van der Waals surface area contributed by atoms with Gasteiger partial charge in [0.1, 0.15) is 11.5 Å². The Hall–Kier alpha value is -2.33. The maximum atomic E-state index is 10.7. The average molecular weight is 298 g/mol. The van der Waals surface area contributed by atoms with Crippen LogP contribution in [0.1, 0.15) is 15.4 Å². The van der Waals surface area contributed by atoms with Gasteiger partial charge in [-0.15, -0.1) is 11.3 Å². The summed E-state index contributed by atoms with van der Waals surface area (Å²) in [6.45, 7) is 0.610. The van der Waals surface area contributed by atoms with Gasteiger partial charge in [0.15, 0.2) is 12.0 Å². The molecule has 3 rings (SSSR count). The Kier molecular flexibility index (Phi) is 4.17. The first kappa shape index (κ1) is 13.6. The number of furan rings is 1. The van der Waals surface area contributed by atoms with Crippen molar-refractivity contribution in [3.05, 3.63) is 64.5 Å². The van der Waals surface area contributed by atoms with Crippen molar-refractivity contribution < 1.29 is 13.9 Å². The van der Waals surface area contributed by atoms with Crippen molar-refractivity contribution in [1.29, 1.82) is 0 Å². The summed E-state index contributed by atoms with van der Waals surface area (Å²) < 4.78 is 11.3. The van der Waals surface area contributed by atoms with E-state index in [4.69, 9.17) is 9.15 Å². The second-order valence-electron chi connectivity index (χ2n) is 4.49. The van der Waals surface area contributed by atoms with Crippen LogP contribution in [0.5, 0.6) is 5.75 Å². The maximum absolute atomic E-state index is 10.7. The fraction of sp³-hybridized carbons (Fsp3) is 0.118. The molecule has 0 amide bonds. The molecule has 1 aromatic carbocycles. The minimum atomic E-state index is 0.318. The second kappa shape index (κ2) is 6.41. The summed E-state index contributed by atoms with van der Waals surface area (Å²) in [5.41, 5.74) is 0.858. The number of rotatable bonds is 6. The largest absolute Gasteiger partial charge is 0.492 e. The third-order valence-electron chi connectivity index (χ3n) is 3.08. The van der Waals surface area contributed by atoms with E-state index in [1.165, 1.54) is 4.88 Å². The molecule has 0 atom stereocenters. The van der Waals surface area contributed by atoms with Crippen LogP contribution < -0.4 is 4.74 Å². The second-order valence-corrected chi connectivity index (χ2v) is 5.53. The number of benzene rings is 1. The van der Waals surface area contributed by atoms with Crippen LogP contribution in [0.15, 0.2) is 58.3 Å². The number of hydrogen-bond acceptors (Lipinski definition) is 4. The molecule has 2 heterocycles. The standard InChI is InChI=1S/C17H14O3S/c18-12-13-7-8-17(20-13)15-5-1-2-6-16(15)19-10-9-14-4-3-11-21-14/h1-8,11-12H,9-10H2. The smallest absolute Gasteiger partial charge is 0.185 e. The highest BCUT2D eigenvalue weighted by atomic mass is 32.1. The molecule has 0 unspecified atom stereocenters. The lowest BCUT2D eigenvalue weighted by molar-refractivity contribution is 0.110. The summed E-state index contributed by atoms with van der Waals surface area (Å²) in [7, 11) is 0.